The molecular formula is C17H16BrFN2. The van der Waals surface area contributed by atoms with Crippen molar-refractivity contribution < 1.29 is 4.39 Å². The number of aromatic nitrogens is 1. The predicted molar refractivity (Wildman–Crippen MR) is 87.9 cm³/mol. The van der Waals surface area contributed by atoms with Crippen LogP contribution in [-0.2, 0) is 13.0 Å². The number of fused-ring (bicyclic) bond motifs is 1. The summed E-state index contributed by atoms with van der Waals surface area (Å²) < 4.78 is 16.0. The highest BCUT2D eigenvalue weighted by Crippen LogP contribution is 2.23. The molecule has 0 aliphatic rings. The first-order chi connectivity index (χ1) is 10.2. The van der Waals surface area contributed by atoms with Crippen molar-refractivity contribution in [3.8, 4) is 0 Å². The third-order valence-electron chi connectivity index (χ3n) is 3.65. The minimum absolute atomic E-state index is 0.235. The SMILES string of the molecule is NCCc1cccc2c1ccn2Cc1ccc(F)c(Br)c1. The van der Waals surface area contributed by atoms with Crippen LogP contribution >= 0.6 is 15.9 Å². The molecule has 21 heavy (non-hydrogen) atoms. The van der Waals surface area contributed by atoms with Crippen molar-refractivity contribution in [3.63, 3.8) is 0 Å². The molecule has 1 aromatic heterocycles. The maximum atomic E-state index is 13.3. The lowest BCUT2D eigenvalue weighted by Crippen LogP contribution is -2.03. The van der Waals surface area contributed by atoms with Gasteiger partial charge in [0.15, 0.2) is 0 Å². The van der Waals surface area contributed by atoms with Gasteiger partial charge in [-0.15, -0.1) is 0 Å². The lowest BCUT2D eigenvalue weighted by Gasteiger charge is -2.08. The van der Waals surface area contributed by atoms with Gasteiger partial charge in [-0.2, -0.15) is 0 Å². The van der Waals surface area contributed by atoms with Gasteiger partial charge in [0.25, 0.3) is 0 Å². The molecule has 2 aromatic carbocycles. The Kier molecular flexibility index (Phi) is 4.08. The van der Waals surface area contributed by atoms with E-state index in [-0.39, 0.29) is 5.82 Å². The second kappa shape index (κ2) is 6.00. The molecule has 108 valence electrons. The zero-order valence-electron chi connectivity index (χ0n) is 11.5. The number of benzene rings is 2. The zero-order valence-corrected chi connectivity index (χ0v) is 13.1. The van der Waals surface area contributed by atoms with Crippen LogP contribution in [0.15, 0.2) is 53.1 Å². The molecule has 2 N–H and O–H groups in total. The van der Waals surface area contributed by atoms with Crippen molar-refractivity contribution in [3.05, 3.63) is 70.1 Å². The van der Waals surface area contributed by atoms with Crippen LogP contribution in [0.2, 0.25) is 0 Å². The van der Waals surface area contributed by atoms with E-state index in [4.69, 9.17) is 5.73 Å². The fraction of sp³-hybridized carbons (Fsp3) is 0.176. The molecular weight excluding hydrogens is 331 g/mol. The standard InChI is InChI=1S/C17H16BrFN2/c18-15-10-12(4-5-16(15)19)11-21-9-7-14-13(6-8-20)2-1-3-17(14)21/h1-5,7,9-10H,6,8,11,20H2. The van der Waals surface area contributed by atoms with Crippen LogP contribution in [0.3, 0.4) is 0 Å². The molecule has 0 fully saturated rings. The molecule has 0 spiro atoms. The van der Waals surface area contributed by atoms with Gasteiger partial charge < -0.3 is 10.3 Å². The van der Waals surface area contributed by atoms with E-state index in [1.165, 1.54) is 22.5 Å². The normalized spacial score (nSPS) is 11.2. The van der Waals surface area contributed by atoms with Crippen LogP contribution in [0.5, 0.6) is 0 Å². The average Bonchev–Trinajstić information content (AvgIpc) is 2.88. The van der Waals surface area contributed by atoms with E-state index in [1.54, 1.807) is 0 Å². The Hall–Kier alpha value is -1.65. The summed E-state index contributed by atoms with van der Waals surface area (Å²) in [6, 6.07) is 13.5. The molecule has 0 aliphatic heterocycles. The van der Waals surface area contributed by atoms with Gasteiger partial charge >= 0.3 is 0 Å². The van der Waals surface area contributed by atoms with E-state index in [0.717, 1.165) is 12.0 Å². The van der Waals surface area contributed by atoms with E-state index in [0.29, 0.717) is 17.6 Å². The van der Waals surface area contributed by atoms with E-state index in [1.807, 2.05) is 12.1 Å². The highest BCUT2D eigenvalue weighted by molar-refractivity contribution is 9.10. The maximum Gasteiger partial charge on any atom is 0.137 e. The van der Waals surface area contributed by atoms with Gasteiger partial charge in [0.05, 0.1) is 4.47 Å². The second-order valence-electron chi connectivity index (χ2n) is 5.08. The number of rotatable bonds is 4. The first-order valence-electron chi connectivity index (χ1n) is 6.90. The van der Waals surface area contributed by atoms with Crippen molar-refractivity contribution in [2.45, 2.75) is 13.0 Å². The largest absolute Gasteiger partial charge is 0.343 e. The van der Waals surface area contributed by atoms with Gasteiger partial charge in [-0.1, -0.05) is 18.2 Å². The summed E-state index contributed by atoms with van der Waals surface area (Å²) in [6.07, 6.45) is 2.95. The third kappa shape index (κ3) is 2.87. The van der Waals surface area contributed by atoms with Crippen LogP contribution in [0, 0.1) is 5.82 Å². The number of nitrogens with two attached hydrogens (primary N) is 1. The van der Waals surface area contributed by atoms with E-state index < -0.39 is 0 Å². The lowest BCUT2D eigenvalue weighted by molar-refractivity contribution is 0.619. The Balaban J connectivity index is 1.97. The molecule has 0 atom stereocenters. The molecule has 2 nitrogen and oxygen atoms in total. The van der Waals surface area contributed by atoms with E-state index >= 15 is 0 Å². The highest BCUT2D eigenvalue weighted by atomic mass is 79.9. The van der Waals surface area contributed by atoms with Gasteiger partial charge in [-0.05, 0) is 64.3 Å². The fourth-order valence-electron chi connectivity index (χ4n) is 2.63. The molecule has 3 rings (SSSR count). The molecule has 0 aliphatic carbocycles. The van der Waals surface area contributed by atoms with Crippen molar-refractivity contribution in [2.24, 2.45) is 5.73 Å². The minimum atomic E-state index is -0.235. The monoisotopic (exact) mass is 346 g/mol. The summed E-state index contributed by atoms with van der Waals surface area (Å²) in [5.74, 6) is -0.235. The van der Waals surface area contributed by atoms with Gasteiger partial charge in [-0.25, -0.2) is 4.39 Å². The van der Waals surface area contributed by atoms with Crippen molar-refractivity contribution >= 4 is 26.8 Å². The van der Waals surface area contributed by atoms with E-state index in [9.17, 15) is 4.39 Å². The zero-order chi connectivity index (χ0) is 14.8. The molecule has 0 unspecified atom stereocenters. The van der Waals surface area contributed by atoms with Crippen molar-refractivity contribution in [1.82, 2.24) is 4.57 Å². The lowest BCUT2D eigenvalue weighted by atomic mass is 10.1. The predicted octanol–water partition coefficient (Wildman–Crippen LogP) is 4.09. The van der Waals surface area contributed by atoms with Gasteiger partial charge in [0, 0.05) is 23.6 Å². The number of hydrogen-bond donors (Lipinski definition) is 1. The number of nitrogens with zero attached hydrogens (tertiary/aromatic N) is 1. The Labute approximate surface area is 131 Å². The summed E-state index contributed by atoms with van der Waals surface area (Å²) in [5, 5.41) is 1.24. The number of hydrogen-bond acceptors (Lipinski definition) is 1. The smallest absolute Gasteiger partial charge is 0.137 e. The van der Waals surface area contributed by atoms with Gasteiger partial charge in [-0.3, -0.25) is 0 Å². The Bertz CT molecular complexity index is 780. The van der Waals surface area contributed by atoms with E-state index in [2.05, 4.69) is 51.0 Å². The topological polar surface area (TPSA) is 30.9 Å². The van der Waals surface area contributed by atoms with Crippen molar-refractivity contribution in [2.75, 3.05) is 6.54 Å². The summed E-state index contributed by atoms with van der Waals surface area (Å²) in [5.41, 5.74) is 9.18. The molecule has 3 aromatic rings. The summed E-state index contributed by atoms with van der Waals surface area (Å²) in [4.78, 5) is 0. The third-order valence-corrected chi connectivity index (χ3v) is 4.26. The van der Waals surface area contributed by atoms with Crippen LogP contribution < -0.4 is 5.73 Å². The molecule has 0 amide bonds. The van der Waals surface area contributed by atoms with Crippen LogP contribution in [-0.4, -0.2) is 11.1 Å². The fourth-order valence-corrected chi connectivity index (χ4v) is 3.06. The summed E-state index contributed by atoms with van der Waals surface area (Å²) >= 11 is 3.23. The molecule has 4 heteroatoms. The Morgan fingerprint density at radius 1 is 1.14 bits per heavy atom. The molecule has 0 bridgehead atoms. The average molecular weight is 347 g/mol. The molecule has 0 saturated carbocycles. The summed E-state index contributed by atoms with van der Waals surface area (Å²) in [7, 11) is 0. The van der Waals surface area contributed by atoms with Crippen LogP contribution in [0.25, 0.3) is 10.9 Å². The number of halogens is 2. The van der Waals surface area contributed by atoms with Gasteiger partial charge in [0.1, 0.15) is 5.82 Å². The summed E-state index contributed by atoms with van der Waals surface area (Å²) in [6.45, 7) is 1.36. The minimum Gasteiger partial charge on any atom is -0.343 e. The van der Waals surface area contributed by atoms with Crippen LogP contribution in [0.1, 0.15) is 11.1 Å². The Morgan fingerprint density at radius 3 is 2.76 bits per heavy atom. The second-order valence-corrected chi connectivity index (χ2v) is 5.94. The highest BCUT2D eigenvalue weighted by Gasteiger charge is 2.07. The molecule has 0 saturated heterocycles. The Morgan fingerprint density at radius 2 is 2.00 bits per heavy atom. The van der Waals surface area contributed by atoms with Crippen LogP contribution in [0.4, 0.5) is 4.39 Å². The van der Waals surface area contributed by atoms with Crippen molar-refractivity contribution in [1.29, 1.82) is 0 Å². The quantitative estimate of drug-likeness (QED) is 0.757. The molecule has 1 heterocycles. The first-order valence-corrected chi connectivity index (χ1v) is 7.69. The maximum absolute atomic E-state index is 13.3. The first kappa shape index (κ1) is 14.3. The molecule has 0 radical (unpaired) electrons. The van der Waals surface area contributed by atoms with Gasteiger partial charge in [0.2, 0.25) is 0 Å².